The van der Waals surface area contributed by atoms with Crippen molar-refractivity contribution in [3.8, 4) is 5.75 Å². The summed E-state index contributed by atoms with van der Waals surface area (Å²) < 4.78 is 16.4. The third-order valence-electron chi connectivity index (χ3n) is 2.23. The monoisotopic (exact) mass is 292 g/mol. The van der Waals surface area contributed by atoms with Gasteiger partial charge in [-0.1, -0.05) is 29.3 Å². The van der Waals surface area contributed by atoms with Crippen molar-refractivity contribution in [1.82, 2.24) is 0 Å². The van der Waals surface area contributed by atoms with Gasteiger partial charge in [-0.15, -0.1) is 0 Å². The van der Waals surface area contributed by atoms with E-state index in [1.807, 2.05) is 13.8 Å². The number of hydrogen-bond donors (Lipinski definition) is 0. The summed E-state index contributed by atoms with van der Waals surface area (Å²) in [7, 11) is 0. The van der Waals surface area contributed by atoms with Gasteiger partial charge in [0.2, 0.25) is 0 Å². The molecule has 0 bridgehead atoms. The molecule has 3 nitrogen and oxygen atoms in total. The van der Waals surface area contributed by atoms with Crippen LogP contribution in [0, 0.1) is 0 Å². The Morgan fingerprint density at radius 1 is 1.11 bits per heavy atom. The van der Waals surface area contributed by atoms with Crippen LogP contribution in [-0.2, 0) is 9.47 Å². The van der Waals surface area contributed by atoms with E-state index in [0.29, 0.717) is 42.0 Å². The van der Waals surface area contributed by atoms with Crippen LogP contribution in [0.1, 0.15) is 20.3 Å². The highest BCUT2D eigenvalue weighted by Gasteiger charge is 2.10. The van der Waals surface area contributed by atoms with E-state index in [1.165, 1.54) is 0 Å². The normalized spacial score (nSPS) is 10.9. The van der Waals surface area contributed by atoms with Crippen LogP contribution >= 0.6 is 23.2 Å². The number of ether oxygens (including phenoxy) is 3. The van der Waals surface area contributed by atoms with Crippen molar-refractivity contribution in [1.29, 1.82) is 0 Å². The molecule has 102 valence electrons. The first-order valence-electron chi connectivity index (χ1n) is 5.99. The maximum atomic E-state index is 6.01. The molecular formula is C13H18Cl2O3. The van der Waals surface area contributed by atoms with Crippen molar-refractivity contribution >= 4 is 23.2 Å². The Morgan fingerprint density at radius 2 is 1.78 bits per heavy atom. The zero-order chi connectivity index (χ0) is 13.4. The Morgan fingerprint density at radius 3 is 2.39 bits per heavy atom. The van der Waals surface area contributed by atoms with Gasteiger partial charge in [0.25, 0.3) is 0 Å². The molecule has 0 saturated heterocycles. The van der Waals surface area contributed by atoms with Crippen LogP contribution in [0.2, 0.25) is 10.0 Å². The first kappa shape index (κ1) is 15.6. The summed E-state index contributed by atoms with van der Waals surface area (Å²) in [6.07, 6.45) is 0.405. The van der Waals surface area contributed by atoms with Gasteiger partial charge in [-0.25, -0.2) is 0 Å². The maximum Gasteiger partial charge on any atom is 0.160 e. The second-order valence-electron chi connectivity index (χ2n) is 3.53. The fraction of sp³-hybridized carbons (Fsp3) is 0.538. The van der Waals surface area contributed by atoms with Crippen molar-refractivity contribution in [2.75, 3.05) is 19.8 Å². The van der Waals surface area contributed by atoms with Gasteiger partial charge in [0.15, 0.2) is 6.29 Å². The van der Waals surface area contributed by atoms with E-state index in [2.05, 4.69) is 0 Å². The van der Waals surface area contributed by atoms with Crippen LogP contribution in [0.25, 0.3) is 0 Å². The fourth-order valence-electron chi connectivity index (χ4n) is 1.45. The van der Waals surface area contributed by atoms with Crippen LogP contribution in [0.15, 0.2) is 18.2 Å². The molecule has 1 aromatic rings. The molecule has 0 spiro atoms. The molecule has 0 saturated carbocycles. The Labute approximate surface area is 118 Å². The topological polar surface area (TPSA) is 27.7 Å². The maximum absolute atomic E-state index is 6.01. The lowest BCUT2D eigenvalue weighted by Crippen LogP contribution is -2.20. The van der Waals surface area contributed by atoms with Crippen molar-refractivity contribution in [2.45, 2.75) is 26.6 Å². The van der Waals surface area contributed by atoms with E-state index in [9.17, 15) is 0 Å². The van der Waals surface area contributed by atoms with Crippen LogP contribution in [0.3, 0.4) is 0 Å². The third-order valence-corrected chi connectivity index (χ3v) is 3.03. The third kappa shape index (κ3) is 5.02. The minimum Gasteiger partial charge on any atom is -0.492 e. The number of rotatable bonds is 8. The molecule has 1 aromatic carbocycles. The first-order valence-corrected chi connectivity index (χ1v) is 6.74. The second kappa shape index (κ2) is 8.59. The molecule has 1 rings (SSSR count). The lowest BCUT2D eigenvalue weighted by molar-refractivity contribution is -0.142. The van der Waals surface area contributed by atoms with Crippen LogP contribution < -0.4 is 4.74 Å². The summed E-state index contributed by atoms with van der Waals surface area (Å²) in [6.45, 7) is 5.55. The standard InChI is InChI=1S/C13H18Cl2O3/c1-3-16-12(17-4-2)8-9-18-11-7-5-6-10(14)13(11)15/h5-7,12H,3-4,8-9H2,1-2H3. The van der Waals surface area contributed by atoms with Gasteiger partial charge >= 0.3 is 0 Å². The molecule has 0 aromatic heterocycles. The quantitative estimate of drug-likeness (QED) is 0.673. The van der Waals surface area contributed by atoms with E-state index in [0.717, 1.165) is 0 Å². The average Bonchev–Trinajstić information content (AvgIpc) is 2.35. The number of hydrogen-bond acceptors (Lipinski definition) is 3. The van der Waals surface area contributed by atoms with Crippen molar-refractivity contribution in [2.24, 2.45) is 0 Å². The lowest BCUT2D eigenvalue weighted by Gasteiger charge is -2.17. The predicted molar refractivity (Wildman–Crippen MR) is 73.6 cm³/mol. The molecule has 0 fully saturated rings. The van der Waals surface area contributed by atoms with Gasteiger partial charge in [0.05, 0.1) is 11.6 Å². The van der Waals surface area contributed by atoms with Crippen molar-refractivity contribution in [3.05, 3.63) is 28.2 Å². The minimum absolute atomic E-state index is 0.238. The zero-order valence-corrected chi connectivity index (χ0v) is 12.1. The molecule has 0 heterocycles. The summed E-state index contributed by atoms with van der Waals surface area (Å²) in [5.41, 5.74) is 0. The summed E-state index contributed by atoms with van der Waals surface area (Å²) in [5, 5.41) is 0.920. The predicted octanol–water partition coefficient (Wildman–Crippen LogP) is 4.16. The molecule has 0 unspecified atom stereocenters. The van der Waals surface area contributed by atoms with Crippen molar-refractivity contribution in [3.63, 3.8) is 0 Å². The largest absolute Gasteiger partial charge is 0.492 e. The molecule has 0 atom stereocenters. The lowest BCUT2D eigenvalue weighted by atomic mass is 10.3. The van der Waals surface area contributed by atoms with Crippen LogP contribution in [0.5, 0.6) is 5.75 Å². The molecular weight excluding hydrogens is 275 g/mol. The zero-order valence-electron chi connectivity index (χ0n) is 10.6. The van der Waals surface area contributed by atoms with Gasteiger partial charge in [0.1, 0.15) is 10.8 Å². The Balaban J connectivity index is 2.42. The van der Waals surface area contributed by atoms with Gasteiger partial charge in [-0.05, 0) is 26.0 Å². The average molecular weight is 293 g/mol. The second-order valence-corrected chi connectivity index (χ2v) is 4.31. The van der Waals surface area contributed by atoms with Gasteiger partial charge in [0, 0.05) is 19.6 Å². The van der Waals surface area contributed by atoms with E-state index >= 15 is 0 Å². The summed E-state index contributed by atoms with van der Waals surface area (Å²) >= 11 is 11.9. The Kier molecular flexibility index (Phi) is 7.44. The van der Waals surface area contributed by atoms with E-state index in [1.54, 1.807) is 18.2 Å². The molecule has 0 aliphatic heterocycles. The van der Waals surface area contributed by atoms with E-state index in [4.69, 9.17) is 37.4 Å². The van der Waals surface area contributed by atoms with Crippen molar-refractivity contribution < 1.29 is 14.2 Å². The fourth-order valence-corrected chi connectivity index (χ4v) is 1.79. The Hall–Kier alpha value is -0.480. The van der Waals surface area contributed by atoms with Crippen LogP contribution in [0.4, 0.5) is 0 Å². The van der Waals surface area contributed by atoms with E-state index < -0.39 is 0 Å². The molecule has 5 heteroatoms. The van der Waals surface area contributed by atoms with Gasteiger partial charge in [-0.2, -0.15) is 0 Å². The molecule has 18 heavy (non-hydrogen) atoms. The molecule has 0 N–H and O–H groups in total. The van der Waals surface area contributed by atoms with Gasteiger partial charge < -0.3 is 14.2 Å². The summed E-state index contributed by atoms with van der Waals surface area (Å²) in [6, 6.07) is 5.30. The van der Waals surface area contributed by atoms with Crippen LogP contribution in [-0.4, -0.2) is 26.1 Å². The number of benzene rings is 1. The number of halogens is 2. The molecule has 0 aliphatic rings. The summed E-state index contributed by atoms with van der Waals surface area (Å²) in [5.74, 6) is 0.580. The first-order chi connectivity index (χ1) is 8.69. The molecule has 0 radical (unpaired) electrons. The molecule has 0 aliphatic carbocycles. The molecule has 0 amide bonds. The van der Waals surface area contributed by atoms with E-state index in [-0.39, 0.29) is 6.29 Å². The summed E-state index contributed by atoms with van der Waals surface area (Å²) in [4.78, 5) is 0. The smallest absolute Gasteiger partial charge is 0.160 e. The SMILES string of the molecule is CCOC(CCOc1cccc(Cl)c1Cl)OCC. The van der Waals surface area contributed by atoms with Gasteiger partial charge in [-0.3, -0.25) is 0 Å². The minimum atomic E-state index is -0.238. The Bertz CT molecular complexity index is 352. The highest BCUT2D eigenvalue weighted by Crippen LogP contribution is 2.31. The highest BCUT2D eigenvalue weighted by atomic mass is 35.5. The highest BCUT2D eigenvalue weighted by molar-refractivity contribution is 6.42.